The number of methoxy groups -OCH3 is 1. The molecule has 0 aliphatic carbocycles. The lowest BCUT2D eigenvalue weighted by Crippen LogP contribution is -2.25. The van der Waals surface area contributed by atoms with Crippen LogP contribution in [0.15, 0.2) is 12.3 Å². The summed E-state index contributed by atoms with van der Waals surface area (Å²) >= 11 is 0. The van der Waals surface area contributed by atoms with E-state index in [0.717, 1.165) is 25.8 Å². The van der Waals surface area contributed by atoms with Crippen LogP contribution in [0.2, 0.25) is 0 Å². The first kappa shape index (κ1) is 8.11. The van der Waals surface area contributed by atoms with Crippen LogP contribution in [0.1, 0.15) is 19.3 Å². The maximum absolute atomic E-state index is 11.0. The van der Waals surface area contributed by atoms with Crippen molar-refractivity contribution in [3.8, 4) is 0 Å². The summed E-state index contributed by atoms with van der Waals surface area (Å²) in [5.74, 6) is 0. The molecule has 11 heavy (non-hydrogen) atoms. The summed E-state index contributed by atoms with van der Waals surface area (Å²) in [6.45, 7) is 0.781. The van der Waals surface area contributed by atoms with Gasteiger partial charge in [0.1, 0.15) is 0 Å². The molecule has 0 N–H and O–H groups in total. The van der Waals surface area contributed by atoms with Crippen LogP contribution in [0, 0.1) is 0 Å². The van der Waals surface area contributed by atoms with Crippen LogP contribution < -0.4 is 0 Å². The Morgan fingerprint density at radius 3 is 3.09 bits per heavy atom. The van der Waals surface area contributed by atoms with Gasteiger partial charge in [-0.3, -0.25) is 4.90 Å². The van der Waals surface area contributed by atoms with Crippen LogP contribution in [0.4, 0.5) is 4.79 Å². The van der Waals surface area contributed by atoms with Gasteiger partial charge in [0, 0.05) is 12.7 Å². The van der Waals surface area contributed by atoms with E-state index in [4.69, 9.17) is 0 Å². The van der Waals surface area contributed by atoms with Crippen molar-refractivity contribution in [2.24, 2.45) is 0 Å². The number of hydrogen-bond acceptors (Lipinski definition) is 2. The molecule has 0 fully saturated rings. The second-order valence-electron chi connectivity index (χ2n) is 2.54. The first-order valence-corrected chi connectivity index (χ1v) is 3.86. The van der Waals surface area contributed by atoms with Crippen molar-refractivity contribution >= 4 is 6.09 Å². The van der Waals surface area contributed by atoms with Crippen LogP contribution >= 0.6 is 0 Å². The molecule has 0 bridgehead atoms. The molecular formula is C8H13NO2. The van der Waals surface area contributed by atoms with E-state index >= 15 is 0 Å². The van der Waals surface area contributed by atoms with Gasteiger partial charge in [-0.1, -0.05) is 6.08 Å². The number of carbonyl (C=O) groups excluding carboxylic acids is 1. The molecule has 0 atom stereocenters. The Balaban J connectivity index is 2.48. The first-order valence-electron chi connectivity index (χ1n) is 3.86. The van der Waals surface area contributed by atoms with Gasteiger partial charge in [0.05, 0.1) is 7.11 Å². The van der Waals surface area contributed by atoms with Crippen molar-refractivity contribution < 1.29 is 9.53 Å². The fourth-order valence-corrected chi connectivity index (χ4v) is 1.09. The van der Waals surface area contributed by atoms with Crippen LogP contribution in [0.3, 0.4) is 0 Å². The third kappa shape index (κ3) is 2.26. The van der Waals surface area contributed by atoms with Crippen molar-refractivity contribution in [3.05, 3.63) is 12.3 Å². The van der Waals surface area contributed by atoms with Crippen molar-refractivity contribution in [1.29, 1.82) is 0 Å². The lowest BCUT2D eigenvalue weighted by atomic mass is 10.2. The van der Waals surface area contributed by atoms with Gasteiger partial charge in [-0.2, -0.15) is 0 Å². The summed E-state index contributed by atoms with van der Waals surface area (Å²) in [7, 11) is 1.40. The minimum atomic E-state index is -0.261. The van der Waals surface area contributed by atoms with E-state index in [9.17, 15) is 4.79 Å². The molecular weight excluding hydrogens is 142 g/mol. The summed E-state index contributed by atoms with van der Waals surface area (Å²) in [6.07, 6.45) is 6.82. The lowest BCUT2D eigenvalue weighted by Gasteiger charge is -2.13. The van der Waals surface area contributed by atoms with E-state index in [1.165, 1.54) is 7.11 Å². The number of hydrogen-bond donors (Lipinski definition) is 0. The first-order chi connectivity index (χ1) is 5.34. The minimum Gasteiger partial charge on any atom is -0.452 e. The third-order valence-electron chi connectivity index (χ3n) is 1.71. The zero-order chi connectivity index (χ0) is 8.10. The molecule has 3 nitrogen and oxygen atoms in total. The molecule has 1 heterocycles. The summed E-state index contributed by atoms with van der Waals surface area (Å²) < 4.78 is 4.58. The van der Waals surface area contributed by atoms with Gasteiger partial charge in [0.15, 0.2) is 0 Å². The quantitative estimate of drug-likeness (QED) is 0.533. The molecule has 1 amide bonds. The van der Waals surface area contributed by atoms with Gasteiger partial charge in [-0.25, -0.2) is 4.79 Å². The van der Waals surface area contributed by atoms with Gasteiger partial charge >= 0.3 is 6.09 Å². The summed E-state index contributed by atoms with van der Waals surface area (Å²) in [5.41, 5.74) is 0. The van der Waals surface area contributed by atoms with Crippen LogP contribution in [0.25, 0.3) is 0 Å². The lowest BCUT2D eigenvalue weighted by molar-refractivity contribution is 0.140. The monoisotopic (exact) mass is 155 g/mol. The molecule has 3 heteroatoms. The van der Waals surface area contributed by atoms with Gasteiger partial charge in [0.25, 0.3) is 0 Å². The van der Waals surface area contributed by atoms with Crippen LogP contribution in [-0.2, 0) is 4.74 Å². The van der Waals surface area contributed by atoms with Crippen molar-refractivity contribution in [1.82, 2.24) is 4.90 Å². The molecule has 1 rings (SSSR count). The van der Waals surface area contributed by atoms with Crippen LogP contribution in [-0.4, -0.2) is 24.6 Å². The van der Waals surface area contributed by atoms with E-state index in [1.54, 1.807) is 11.1 Å². The maximum atomic E-state index is 11.0. The number of nitrogens with zero attached hydrogens (tertiary/aromatic N) is 1. The topological polar surface area (TPSA) is 29.5 Å². The van der Waals surface area contributed by atoms with Crippen molar-refractivity contribution in [2.45, 2.75) is 19.3 Å². The normalized spacial score (nSPS) is 17.7. The fraction of sp³-hybridized carbons (Fsp3) is 0.625. The fourth-order valence-electron chi connectivity index (χ4n) is 1.09. The number of rotatable bonds is 0. The third-order valence-corrected chi connectivity index (χ3v) is 1.71. The Labute approximate surface area is 66.6 Å². The molecule has 0 aromatic heterocycles. The van der Waals surface area contributed by atoms with Gasteiger partial charge < -0.3 is 4.74 Å². The smallest absolute Gasteiger partial charge is 0.413 e. The van der Waals surface area contributed by atoms with E-state index in [0.29, 0.717) is 0 Å². The molecule has 0 spiro atoms. The Morgan fingerprint density at radius 2 is 2.36 bits per heavy atom. The largest absolute Gasteiger partial charge is 0.452 e. The predicted octanol–water partition coefficient (Wildman–Crippen LogP) is 1.75. The second-order valence-corrected chi connectivity index (χ2v) is 2.54. The van der Waals surface area contributed by atoms with Crippen molar-refractivity contribution in [3.63, 3.8) is 0 Å². The molecule has 0 unspecified atom stereocenters. The molecule has 0 radical (unpaired) electrons. The van der Waals surface area contributed by atoms with E-state index in [-0.39, 0.29) is 6.09 Å². The Kier molecular flexibility index (Phi) is 2.95. The molecule has 0 aromatic rings. The predicted molar refractivity (Wildman–Crippen MR) is 42.1 cm³/mol. The second kappa shape index (κ2) is 4.01. The SMILES string of the molecule is COC(=O)N1C=CCCCC1. The minimum absolute atomic E-state index is 0.261. The number of ether oxygens (including phenoxy) is 1. The van der Waals surface area contributed by atoms with E-state index in [1.807, 2.05) is 6.08 Å². The Bertz CT molecular complexity index is 165. The Morgan fingerprint density at radius 1 is 1.55 bits per heavy atom. The maximum Gasteiger partial charge on any atom is 0.413 e. The highest BCUT2D eigenvalue weighted by molar-refractivity contribution is 5.68. The highest BCUT2D eigenvalue weighted by Crippen LogP contribution is 2.07. The average Bonchev–Trinajstić information content (AvgIpc) is 2.30. The van der Waals surface area contributed by atoms with E-state index in [2.05, 4.69) is 4.74 Å². The molecule has 0 saturated heterocycles. The summed E-state index contributed by atoms with van der Waals surface area (Å²) in [5, 5.41) is 0. The number of carbonyl (C=O) groups is 1. The van der Waals surface area contributed by atoms with Gasteiger partial charge in [-0.05, 0) is 19.3 Å². The molecule has 62 valence electrons. The molecule has 0 aromatic carbocycles. The highest BCUT2D eigenvalue weighted by Gasteiger charge is 2.10. The number of amides is 1. The van der Waals surface area contributed by atoms with Gasteiger partial charge in [-0.15, -0.1) is 0 Å². The zero-order valence-corrected chi connectivity index (χ0v) is 6.75. The van der Waals surface area contributed by atoms with Crippen molar-refractivity contribution in [2.75, 3.05) is 13.7 Å². The molecule has 0 saturated carbocycles. The van der Waals surface area contributed by atoms with E-state index < -0.39 is 0 Å². The summed E-state index contributed by atoms with van der Waals surface area (Å²) in [6, 6.07) is 0. The highest BCUT2D eigenvalue weighted by atomic mass is 16.5. The zero-order valence-electron chi connectivity index (χ0n) is 6.75. The molecule has 1 aliphatic rings. The standard InChI is InChI=1S/C8H13NO2/c1-11-8(10)9-6-4-2-3-5-7-9/h4,6H,2-3,5,7H2,1H3. The molecule has 1 aliphatic heterocycles. The summed E-state index contributed by atoms with van der Waals surface area (Å²) in [4.78, 5) is 12.6. The van der Waals surface area contributed by atoms with Crippen LogP contribution in [0.5, 0.6) is 0 Å². The Hall–Kier alpha value is -0.990. The van der Waals surface area contributed by atoms with Gasteiger partial charge in [0.2, 0.25) is 0 Å². The number of allylic oxidation sites excluding steroid dienone is 1. The average molecular weight is 155 g/mol.